The standard InChI is InChI=1S/C18H19N7O2S/c1-11-10-27-8-7-25(11)15-9-12(14-4-6-20-24(14)2)18-17(21-15)16(23-28(18)26)13-3-5-19-22-13/h3-6,9,11H,7-8,10H2,1-2H3,(H,19,22)/t11-,28?/m1/s1. The van der Waals surface area contributed by atoms with Crippen molar-refractivity contribution < 1.29 is 8.95 Å². The molecule has 5 heterocycles. The molecule has 3 aromatic rings. The summed E-state index contributed by atoms with van der Waals surface area (Å²) >= 11 is 0. The van der Waals surface area contributed by atoms with Gasteiger partial charge < -0.3 is 9.64 Å². The summed E-state index contributed by atoms with van der Waals surface area (Å²) in [4.78, 5) is 7.71. The molecule has 0 aromatic carbocycles. The quantitative estimate of drug-likeness (QED) is 0.715. The highest BCUT2D eigenvalue weighted by atomic mass is 32.2. The number of aromatic amines is 1. The Kier molecular flexibility index (Phi) is 4.09. The maximum atomic E-state index is 12.9. The summed E-state index contributed by atoms with van der Waals surface area (Å²) < 4.78 is 24.7. The molecule has 0 radical (unpaired) electrons. The zero-order valence-electron chi connectivity index (χ0n) is 15.5. The summed E-state index contributed by atoms with van der Waals surface area (Å²) in [6.07, 6.45) is 3.38. The number of morpholine rings is 1. The molecule has 144 valence electrons. The van der Waals surface area contributed by atoms with Crippen LogP contribution in [0.5, 0.6) is 0 Å². The molecule has 3 aromatic heterocycles. The largest absolute Gasteiger partial charge is 0.377 e. The van der Waals surface area contributed by atoms with Crippen LogP contribution in [-0.2, 0) is 22.8 Å². The van der Waals surface area contributed by atoms with Gasteiger partial charge in [0.15, 0.2) is 11.0 Å². The first-order valence-corrected chi connectivity index (χ1v) is 10.1. The normalized spacial score (nSPS) is 21.6. The lowest BCUT2D eigenvalue weighted by Crippen LogP contribution is -2.44. The second-order valence-corrected chi connectivity index (χ2v) is 7.91. The van der Waals surface area contributed by atoms with E-state index in [9.17, 15) is 4.21 Å². The summed E-state index contributed by atoms with van der Waals surface area (Å²) in [7, 11) is 0.323. The Labute approximate surface area is 164 Å². The average Bonchev–Trinajstić information content (AvgIpc) is 3.42. The molecule has 9 nitrogen and oxygen atoms in total. The third-order valence-corrected chi connectivity index (χ3v) is 6.16. The molecular weight excluding hydrogens is 378 g/mol. The van der Waals surface area contributed by atoms with Crippen molar-refractivity contribution in [1.82, 2.24) is 25.0 Å². The summed E-state index contributed by atoms with van der Waals surface area (Å²) in [5.41, 5.74) is 3.58. The average molecular weight is 397 g/mol. The van der Waals surface area contributed by atoms with E-state index in [1.807, 2.05) is 19.2 Å². The minimum Gasteiger partial charge on any atom is -0.377 e. The molecule has 5 rings (SSSR count). The molecule has 1 unspecified atom stereocenters. The number of ether oxygens (including phenoxy) is 1. The fraction of sp³-hybridized carbons (Fsp3) is 0.333. The lowest BCUT2D eigenvalue weighted by molar-refractivity contribution is 0.0985. The molecule has 1 N–H and O–H groups in total. The Balaban J connectivity index is 1.73. The molecular formula is C18H19N7O2S. The fourth-order valence-corrected chi connectivity index (χ4v) is 4.74. The molecule has 1 saturated heterocycles. The van der Waals surface area contributed by atoms with Crippen LogP contribution in [0, 0.1) is 0 Å². The third-order valence-electron chi connectivity index (χ3n) is 5.05. The zero-order valence-corrected chi connectivity index (χ0v) is 16.3. The van der Waals surface area contributed by atoms with Gasteiger partial charge in [-0.25, -0.2) is 9.19 Å². The molecule has 2 atom stereocenters. The number of anilines is 1. The Hall–Kier alpha value is -2.85. The molecule has 28 heavy (non-hydrogen) atoms. The van der Waals surface area contributed by atoms with Crippen LogP contribution < -0.4 is 4.90 Å². The number of hydrogen-bond donors (Lipinski definition) is 1. The zero-order chi connectivity index (χ0) is 19.3. The number of H-pyrrole nitrogens is 1. The summed E-state index contributed by atoms with van der Waals surface area (Å²) in [6.45, 7) is 4.15. The number of aryl methyl sites for hydroxylation is 1. The minimum atomic E-state index is -1.55. The number of aromatic nitrogens is 5. The Morgan fingerprint density at radius 3 is 2.93 bits per heavy atom. The predicted molar refractivity (Wildman–Crippen MR) is 105 cm³/mol. The molecule has 1 fully saturated rings. The third kappa shape index (κ3) is 2.68. The molecule has 0 saturated carbocycles. The number of pyridine rings is 1. The van der Waals surface area contributed by atoms with Crippen LogP contribution >= 0.6 is 0 Å². The van der Waals surface area contributed by atoms with Crippen LogP contribution in [0.15, 0.2) is 39.9 Å². The van der Waals surface area contributed by atoms with E-state index >= 15 is 0 Å². The van der Waals surface area contributed by atoms with Crippen LogP contribution in [-0.4, -0.2) is 60.7 Å². The van der Waals surface area contributed by atoms with Crippen molar-refractivity contribution in [3.05, 3.63) is 42.0 Å². The topological polar surface area (TPSA) is 101 Å². The predicted octanol–water partition coefficient (Wildman–Crippen LogP) is 1.30. The highest BCUT2D eigenvalue weighted by Gasteiger charge is 2.33. The number of nitrogens with zero attached hydrogens (tertiary/aromatic N) is 6. The summed E-state index contributed by atoms with van der Waals surface area (Å²) in [6, 6.07) is 5.90. The minimum absolute atomic E-state index is 0.193. The highest BCUT2D eigenvalue weighted by Crippen LogP contribution is 2.37. The Bertz CT molecular complexity index is 1090. The molecule has 10 heteroatoms. The monoisotopic (exact) mass is 397 g/mol. The van der Waals surface area contributed by atoms with Gasteiger partial charge in [0, 0.05) is 31.5 Å². The second kappa shape index (κ2) is 6.64. The second-order valence-electron chi connectivity index (χ2n) is 6.82. The Morgan fingerprint density at radius 1 is 1.32 bits per heavy atom. The van der Waals surface area contributed by atoms with Gasteiger partial charge in [0.05, 0.1) is 35.5 Å². The van der Waals surface area contributed by atoms with Crippen LogP contribution in [0.4, 0.5) is 5.82 Å². The number of rotatable bonds is 3. The van der Waals surface area contributed by atoms with Gasteiger partial charge in [-0.1, -0.05) is 0 Å². The van der Waals surface area contributed by atoms with Crippen molar-refractivity contribution >= 4 is 22.5 Å². The van der Waals surface area contributed by atoms with Gasteiger partial charge >= 0.3 is 0 Å². The van der Waals surface area contributed by atoms with E-state index in [-0.39, 0.29) is 6.04 Å². The van der Waals surface area contributed by atoms with E-state index in [1.54, 1.807) is 23.1 Å². The molecule has 2 aliphatic heterocycles. The molecule has 0 amide bonds. The van der Waals surface area contributed by atoms with Crippen molar-refractivity contribution in [2.75, 3.05) is 24.7 Å². The van der Waals surface area contributed by atoms with Gasteiger partial charge in [-0.15, -0.1) is 0 Å². The van der Waals surface area contributed by atoms with Crippen molar-refractivity contribution in [2.45, 2.75) is 17.9 Å². The molecule has 0 bridgehead atoms. The van der Waals surface area contributed by atoms with Crippen molar-refractivity contribution in [3.63, 3.8) is 0 Å². The first-order chi connectivity index (χ1) is 13.6. The lowest BCUT2D eigenvalue weighted by Gasteiger charge is -2.34. The van der Waals surface area contributed by atoms with Gasteiger partial charge in [0.2, 0.25) is 0 Å². The van der Waals surface area contributed by atoms with Crippen molar-refractivity contribution in [1.29, 1.82) is 0 Å². The first kappa shape index (κ1) is 17.3. The van der Waals surface area contributed by atoms with E-state index < -0.39 is 11.0 Å². The number of nitrogens with one attached hydrogen (secondary N) is 1. The van der Waals surface area contributed by atoms with Crippen LogP contribution in [0.2, 0.25) is 0 Å². The van der Waals surface area contributed by atoms with Gasteiger partial charge in [-0.2, -0.15) is 14.6 Å². The van der Waals surface area contributed by atoms with E-state index in [1.165, 1.54) is 0 Å². The van der Waals surface area contributed by atoms with E-state index in [4.69, 9.17) is 9.72 Å². The SMILES string of the molecule is C[C@@H]1COCCN1c1cc(-c2ccnn2C)c2c(n1)C(c1ccn[nH]1)=NS2=O. The van der Waals surface area contributed by atoms with Crippen LogP contribution in [0.3, 0.4) is 0 Å². The van der Waals surface area contributed by atoms with Gasteiger partial charge in [-0.3, -0.25) is 9.78 Å². The smallest absolute Gasteiger partial charge is 0.176 e. The molecule has 2 aliphatic rings. The maximum Gasteiger partial charge on any atom is 0.176 e. The maximum absolute atomic E-state index is 12.9. The summed E-state index contributed by atoms with van der Waals surface area (Å²) in [5, 5.41) is 11.2. The van der Waals surface area contributed by atoms with Gasteiger partial charge in [-0.05, 0) is 25.1 Å². The molecule has 0 spiro atoms. The number of fused-ring (bicyclic) bond motifs is 1. The van der Waals surface area contributed by atoms with Gasteiger partial charge in [0.1, 0.15) is 17.2 Å². The fourth-order valence-electron chi connectivity index (χ4n) is 3.64. The Morgan fingerprint density at radius 2 is 2.21 bits per heavy atom. The van der Waals surface area contributed by atoms with Crippen LogP contribution in [0.25, 0.3) is 11.3 Å². The van der Waals surface area contributed by atoms with Crippen molar-refractivity contribution in [3.8, 4) is 11.3 Å². The first-order valence-electron chi connectivity index (χ1n) is 9.02. The van der Waals surface area contributed by atoms with Crippen molar-refractivity contribution in [2.24, 2.45) is 11.4 Å². The summed E-state index contributed by atoms with van der Waals surface area (Å²) in [5.74, 6) is 0.817. The molecule has 0 aliphatic carbocycles. The number of hydrogen-bond acceptors (Lipinski definition) is 6. The lowest BCUT2D eigenvalue weighted by atomic mass is 10.1. The van der Waals surface area contributed by atoms with Crippen LogP contribution in [0.1, 0.15) is 18.3 Å². The van der Waals surface area contributed by atoms with Gasteiger partial charge in [0.25, 0.3) is 0 Å². The van der Waals surface area contributed by atoms with E-state index in [0.717, 1.165) is 23.6 Å². The van der Waals surface area contributed by atoms with E-state index in [2.05, 4.69) is 31.5 Å². The van der Waals surface area contributed by atoms with E-state index in [0.29, 0.717) is 35.2 Å². The highest BCUT2D eigenvalue weighted by molar-refractivity contribution is 7.84.